The Morgan fingerprint density at radius 2 is 1.39 bits per heavy atom. The molecule has 0 unspecified atom stereocenters. The first-order valence-electron chi connectivity index (χ1n) is 17.5. The van der Waals surface area contributed by atoms with Crippen LogP contribution in [-0.4, -0.2) is 23.2 Å². The average molecular weight is 919 g/mol. The fraction of sp³-hybridized carbons (Fsp3) is 0.130. The summed E-state index contributed by atoms with van der Waals surface area (Å²) in [4.78, 5) is 9.23. The normalized spacial score (nSPS) is 11.7. The predicted molar refractivity (Wildman–Crippen MR) is 218 cm³/mol. The number of benzene rings is 5. The van der Waals surface area contributed by atoms with E-state index in [-0.39, 0.29) is 20.1 Å². The van der Waals surface area contributed by atoms with Gasteiger partial charge >= 0.3 is 135 Å². The van der Waals surface area contributed by atoms with Gasteiger partial charge in [0.05, 0.1) is 0 Å². The molecule has 1 radical (unpaired) electrons. The summed E-state index contributed by atoms with van der Waals surface area (Å²) in [5.74, 6) is 6.51. The van der Waals surface area contributed by atoms with Gasteiger partial charge in [0, 0.05) is 32.4 Å². The first kappa shape index (κ1) is 35.2. The molecule has 5 heteroatoms. The molecule has 0 amide bonds. The molecule has 51 heavy (non-hydrogen) atoms. The molecule has 0 aliphatic carbocycles. The van der Waals surface area contributed by atoms with E-state index in [1.165, 1.54) is 46.8 Å². The molecule has 3 heterocycles. The van der Waals surface area contributed by atoms with E-state index in [1.54, 1.807) is 17.5 Å². The van der Waals surface area contributed by atoms with Gasteiger partial charge in [-0.15, -0.1) is 23.8 Å². The monoisotopic (exact) mass is 920 g/mol. The molecule has 0 saturated carbocycles. The van der Waals surface area contributed by atoms with Gasteiger partial charge in [-0.05, 0) is 44.9 Å². The fourth-order valence-corrected chi connectivity index (χ4v) is 9.35. The molecule has 0 bridgehead atoms. The van der Waals surface area contributed by atoms with Crippen molar-refractivity contribution in [3.63, 3.8) is 0 Å². The topological polar surface area (TPSA) is 25.8 Å². The SMILES string of the molecule is [2H]C(C)(C)c1ccnc(-c2[c-]cc3sc4cccc(-c5ccccc5)c4c3c2)c1.[CH3][Ge]([CH3])([CH3])[c]1ccc(-c2[c-]ccc(-c3ccccc3)c2)nc1.[Ir]. The molecular formula is C46H40GeIrN2S-2. The van der Waals surface area contributed by atoms with Gasteiger partial charge in [-0.25, -0.2) is 0 Å². The van der Waals surface area contributed by atoms with Gasteiger partial charge in [0.15, 0.2) is 0 Å². The van der Waals surface area contributed by atoms with Crippen LogP contribution in [0.5, 0.6) is 0 Å². The van der Waals surface area contributed by atoms with Crippen LogP contribution in [0.15, 0.2) is 146 Å². The van der Waals surface area contributed by atoms with Crippen LogP contribution in [-0.2, 0) is 20.1 Å². The Morgan fingerprint density at radius 3 is 2.08 bits per heavy atom. The van der Waals surface area contributed by atoms with Crippen molar-refractivity contribution in [1.29, 1.82) is 0 Å². The molecule has 0 N–H and O–H groups in total. The summed E-state index contributed by atoms with van der Waals surface area (Å²) in [7, 11) is 0. The second kappa shape index (κ2) is 16.0. The minimum atomic E-state index is -1.79. The van der Waals surface area contributed by atoms with E-state index in [1.807, 2.05) is 38.1 Å². The van der Waals surface area contributed by atoms with Crippen LogP contribution < -0.4 is 4.40 Å². The zero-order valence-corrected chi connectivity index (χ0v) is 34.8. The summed E-state index contributed by atoms with van der Waals surface area (Å²) in [5.41, 5.74) is 9.72. The minimum absolute atomic E-state index is 0. The maximum atomic E-state index is 8.33. The van der Waals surface area contributed by atoms with Crippen LogP contribution in [0.1, 0.15) is 26.7 Å². The maximum absolute atomic E-state index is 8.33. The Balaban J connectivity index is 0.000000182. The Kier molecular flexibility index (Phi) is 11.1. The number of aromatic nitrogens is 2. The second-order valence-corrected chi connectivity index (χ2v) is 25.5. The van der Waals surface area contributed by atoms with Crippen LogP contribution in [0.4, 0.5) is 0 Å². The van der Waals surface area contributed by atoms with Gasteiger partial charge in [-0.3, -0.25) is 0 Å². The van der Waals surface area contributed by atoms with E-state index in [0.717, 1.165) is 28.1 Å². The fourth-order valence-electron chi connectivity index (χ4n) is 6.09. The molecule has 0 fully saturated rings. The van der Waals surface area contributed by atoms with Crippen LogP contribution in [0.2, 0.25) is 17.3 Å². The van der Waals surface area contributed by atoms with Crippen molar-refractivity contribution in [2.45, 2.75) is 37.0 Å². The molecule has 0 aliphatic rings. The minimum Gasteiger partial charge on any atom is 0 e. The molecule has 0 spiro atoms. The van der Waals surface area contributed by atoms with E-state index in [2.05, 4.69) is 155 Å². The molecule has 8 aromatic rings. The van der Waals surface area contributed by atoms with Crippen molar-refractivity contribution in [2.75, 3.05) is 0 Å². The van der Waals surface area contributed by atoms with Crippen molar-refractivity contribution in [2.24, 2.45) is 0 Å². The number of fused-ring (bicyclic) bond motifs is 3. The number of hydrogen-bond acceptors (Lipinski definition) is 3. The Labute approximate surface area is 323 Å². The summed E-state index contributed by atoms with van der Waals surface area (Å²) < 4.78 is 12.3. The number of nitrogens with zero attached hydrogens (tertiary/aromatic N) is 2. The standard InChI is InChI=1S/C26H20NS.C20H20GeN.Ir/c1-17(2)19-13-14-27-23(16-19)20-11-12-24-22(15-20)26-21(9-6-10-25(26)28-24)18-7-4-3-5-8-18;1-21(2,3)19-12-13-20(22-15-19)18-11-7-10-17(14-18)16-8-5-4-6-9-16;/h3-10,12-17H,1-2H3;4-10,12-15H,1-3H3;/q2*-1;/i17D;;. The molecule has 0 aliphatic heterocycles. The molecule has 0 saturated heterocycles. The van der Waals surface area contributed by atoms with Crippen LogP contribution in [0.3, 0.4) is 0 Å². The second-order valence-electron chi connectivity index (χ2n) is 13.7. The van der Waals surface area contributed by atoms with E-state index in [9.17, 15) is 0 Å². The molecule has 5 aromatic carbocycles. The number of thiophene rings is 1. The smallest absolute Gasteiger partial charge is 0 e. The maximum Gasteiger partial charge on any atom is 0 e. The quantitative estimate of drug-likeness (QED) is 0.123. The first-order chi connectivity index (χ1) is 24.5. The number of hydrogen-bond donors (Lipinski definition) is 0. The third-order valence-corrected chi connectivity index (χ3v) is 14.3. The van der Waals surface area contributed by atoms with Gasteiger partial charge in [-0.1, -0.05) is 73.3 Å². The molecule has 2 nitrogen and oxygen atoms in total. The van der Waals surface area contributed by atoms with Crippen molar-refractivity contribution in [1.82, 2.24) is 9.97 Å². The summed E-state index contributed by atoms with van der Waals surface area (Å²) in [6.45, 7) is 3.80. The van der Waals surface area contributed by atoms with Crippen molar-refractivity contribution in [3.05, 3.63) is 164 Å². The number of pyridine rings is 2. The summed E-state index contributed by atoms with van der Waals surface area (Å²) >= 11 is 0.00985. The zero-order valence-electron chi connectivity index (χ0n) is 30.5. The molecule has 255 valence electrons. The first-order valence-corrected chi connectivity index (χ1v) is 25.1. The van der Waals surface area contributed by atoms with Crippen LogP contribution in [0, 0.1) is 12.1 Å². The van der Waals surface area contributed by atoms with Crippen molar-refractivity contribution in [3.8, 4) is 44.8 Å². The summed E-state index contributed by atoms with van der Waals surface area (Å²) in [6.07, 6.45) is 3.85. The van der Waals surface area contributed by atoms with Gasteiger partial charge in [0.25, 0.3) is 0 Å². The molecule has 3 aromatic heterocycles. The molecule has 8 rings (SSSR count). The largest absolute Gasteiger partial charge is 0 e. The molecular weight excluding hydrogens is 877 g/mol. The molecule has 0 atom stereocenters. The van der Waals surface area contributed by atoms with Gasteiger partial charge < -0.3 is 4.98 Å². The third kappa shape index (κ3) is 8.32. The van der Waals surface area contributed by atoms with Crippen molar-refractivity contribution < 1.29 is 21.5 Å². The van der Waals surface area contributed by atoms with E-state index >= 15 is 0 Å². The Morgan fingerprint density at radius 1 is 0.667 bits per heavy atom. The zero-order chi connectivity index (χ0) is 35.6. The third-order valence-electron chi connectivity index (χ3n) is 8.94. The van der Waals surface area contributed by atoms with Crippen LogP contribution >= 0.6 is 11.3 Å². The predicted octanol–water partition coefficient (Wildman–Crippen LogP) is 12.5. The van der Waals surface area contributed by atoms with E-state index in [4.69, 9.17) is 1.37 Å². The van der Waals surface area contributed by atoms with Crippen molar-refractivity contribution >= 4 is 49.2 Å². The summed E-state index contributed by atoms with van der Waals surface area (Å²) in [6, 6.07) is 53.0. The summed E-state index contributed by atoms with van der Waals surface area (Å²) in [5, 5.41) is 2.52. The van der Waals surface area contributed by atoms with E-state index < -0.39 is 19.2 Å². The Bertz CT molecular complexity index is 2430. The Hall–Kier alpha value is -4.19. The van der Waals surface area contributed by atoms with Gasteiger partial charge in [0.1, 0.15) is 0 Å². The van der Waals surface area contributed by atoms with Gasteiger partial charge in [0.2, 0.25) is 0 Å². The van der Waals surface area contributed by atoms with Crippen LogP contribution in [0.25, 0.3) is 64.9 Å². The number of rotatable bonds is 6. The van der Waals surface area contributed by atoms with E-state index in [0.29, 0.717) is 0 Å². The van der Waals surface area contributed by atoms with Gasteiger partial charge in [-0.2, -0.15) is 11.3 Å². The average Bonchev–Trinajstić information content (AvgIpc) is 3.54.